The van der Waals surface area contributed by atoms with Crippen molar-refractivity contribution in [3.05, 3.63) is 53.4 Å². The van der Waals surface area contributed by atoms with Gasteiger partial charge < -0.3 is 14.6 Å². The molecule has 2 aromatic rings. The van der Waals surface area contributed by atoms with Crippen molar-refractivity contribution < 1.29 is 9.26 Å². The highest BCUT2D eigenvalue weighted by Gasteiger charge is 2.15. The molecule has 0 amide bonds. The quantitative estimate of drug-likeness (QED) is 0.850. The zero-order valence-corrected chi connectivity index (χ0v) is 12.3. The molecule has 0 bridgehead atoms. The van der Waals surface area contributed by atoms with Gasteiger partial charge in [0.2, 0.25) is 0 Å². The molecule has 1 aromatic heterocycles. The van der Waals surface area contributed by atoms with E-state index in [1.807, 2.05) is 6.07 Å². The molecule has 3 rings (SSSR count). The summed E-state index contributed by atoms with van der Waals surface area (Å²) in [5, 5.41) is 7.55. The summed E-state index contributed by atoms with van der Waals surface area (Å²) in [7, 11) is 0. The van der Waals surface area contributed by atoms with Gasteiger partial charge in [0.25, 0.3) is 0 Å². The van der Waals surface area contributed by atoms with Gasteiger partial charge in [0, 0.05) is 32.2 Å². The van der Waals surface area contributed by atoms with E-state index < -0.39 is 0 Å². The molecule has 4 nitrogen and oxygen atoms in total. The van der Waals surface area contributed by atoms with E-state index >= 15 is 0 Å². The average Bonchev–Trinajstić information content (AvgIpc) is 3.18. The summed E-state index contributed by atoms with van der Waals surface area (Å²) in [4.78, 5) is 0. The summed E-state index contributed by atoms with van der Waals surface area (Å²) in [5.41, 5.74) is 2.31. The molecule has 0 aliphatic carbocycles. The Morgan fingerprint density at radius 3 is 2.90 bits per heavy atom. The third-order valence-corrected chi connectivity index (χ3v) is 3.87. The van der Waals surface area contributed by atoms with Crippen molar-refractivity contribution in [2.24, 2.45) is 5.92 Å². The van der Waals surface area contributed by atoms with E-state index in [1.54, 1.807) is 0 Å². The summed E-state index contributed by atoms with van der Waals surface area (Å²) in [5.74, 6) is 1.61. The molecular formula is C17H22N2O2. The van der Waals surface area contributed by atoms with Gasteiger partial charge in [0.15, 0.2) is 0 Å². The minimum atomic E-state index is 0.648. The van der Waals surface area contributed by atoms with Crippen molar-refractivity contribution in [2.75, 3.05) is 19.8 Å². The van der Waals surface area contributed by atoms with E-state index in [0.29, 0.717) is 5.92 Å². The number of nitrogens with zero attached hydrogens (tertiary/aromatic N) is 1. The Balaban J connectivity index is 1.40. The number of benzene rings is 1. The van der Waals surface area contributed by atoms with Crippen LogP contribution < -0.4 is 5.32 Å². The molecular weight excluding hydrogens is 264 g/mol. The first-order chi connectivity index (χ1) is 10.4. The SMILES string of the molecule is c1ccc(CCc2cc(CNCC3CCOC3)no2)cc1. The summed E-state index contributed by atoms with van der Waals surface area (Å²) in [6.07, 6.45) is 3.05. The second kappa shape index (κ2) is 7.38. The summed E-state index contributed by atoms with van der Waals surface area (Å²) in [6, 6.07) is 12.5. The van der Waals surface area contributed by atoms with E-state index in [-0.39, 0.29) is 0 Å². The molecule has 4 heteroatoms. The largest absolute Gasteiger partial charge is 0.381 e. The fraction of sp³-hybridized carbons (Fsp3) is 0.471. The Hall–Kier alpha value is -1.65. The molecule has 0 spiro atoms. The number of ether oxygens (including phenoxy) is 1. The van der Waals surface area contributed by atoms with Gasteiger partial charge >= 0.3 is 0 Å². The lowest BCUT2D eigenvalue weighted by atomic mass is 10.1. The topological polar surface area (TPSA) is 47.3 Å². The summed E-state index contributed by atoms with van der Waals surface area (Å²) < 4.78 is 10.8. The van der Waals surface area contributed by atoms with Crippen molar-refractivity contribution in [1.29, 1.82) is 0 Å². The molecule has 0 radical (unpaired) electrons. The Morgan fingerprint density at radius 2 is 2.10 bits per heavy atom. The normalized spacial score (nSPS) is 18.2. The van der Waals surface area contributed by atoms with Crippen LogP contribution in [0.25, 0.3) is 0 Å². The number of rotatable bonds is 7. The van der Waals surface area contributed by atoms with Crippen LogP contribution in [-0.2, 0) is 24.1 Å². The van der Waals surface area contributed by atoms with Crippen LogP contribution in [0.15, 0.2) is 40.9 Å². The van der Waals surface area contributed by atoms with E-state index in [1.165, 1.54) is 5.56 Å². The minimum Gasteiger partial charge on any atom is -0.381 e. The number of hydrogen-bond acceptors (Lipinski definition) is 4. The zero-order chi connectivity index (χ0) is 14.3. The van der Waals surface area contributed by atoms with Gasteiger partial charge in [-0.05, 0) is 24.3 Å². The van der Waals surface area contributed by atoms with Gasteiger partial charge in [-0.15, -0.1) is 0 Å². The number of nitrogens with one attached hydrogen (secondary N) is 1. The Kier molecular flexibility index (Phi) is 5.03. The molecule has 1 aliphatic rings. The van der Waals surface area contributed by atoms with E-state index in [0.717, 1.165) is 57.0 Å². The van der Waals surface area contributed by atoms with Crippen LogP contribution in [0, 0.1) is 5.92 Å². The molecule has 21 heavy (non-hydrogen) atoms. The number of aromatic nitrogens is 1. The number of aryl methyl sites for hydroxylation is 2. The number of hydrogen-bond donors (Lipinski definition) is 1. The maximum atomic E-state index is 5.39. The second-order valence-electron chi connectivity index (χ2n) is 5.63. The molecule has 2 heterocycles. The van der Waals surface area contributed by atoms with Crippen LogP contribution in [0.1, 0.15) is 23.4 Å². The van der Waals surface area contributed by atoms with Crippen molar-refractivity contribution in [3.8, 4) is 0 Å². The van der Waals surface area contributed by atoms with Crippen molar-refractivity contribution in [2.45, 2.75) is 25.8 Å². The molecule has 1 fully saturated rings. The maximum absolute atomic E-state index is 5.39. The lowest BCUT2D eigenvalue weighted by Gasteiger charge is -2.07. The first-order valence-electron chi connectivity index (χ1n) is 7.67. The Morgan fingerprint density at radius 1 is 1.19 bits per heavy atom. The first-order valence-corrected chi connectivity index (χ1v) is 7.67. The van der Waals surface area contributed by atoms with Gasteiger partial charge in [0.1, 0.15) is 5.76 Å². The summed E-state index contributed by atoms with van der Waals surface area (Å²) in [6.45, 7) is 3.55. The van der Waals surface area contributed by atoms with Gasteiger partial charge in [-0.3, -0.25) is 0 Å². The summed E-state index contributed by atoms with van der Waals surface area (Å²) >= 11 is 0. The van der Waals surface area contributed by atoms with Gasteiger partial charge in [-0.2, -0.15) is 0 Å². The van der Waals surface area contributed by atoms with Gasteiger partial charge in [-0.1, -0.05) is 35.5 Å². The van der Waals surface area contributed by atoms with Crippen LogP contribution in [-0.4, -0.2) is 24.9 Å². The van der Waals surface area contributed by atoms with Crippen molar-refractivity contribution in [3.63, 3.8) is 0 Å². The van der Waals surface area contributed by atoms with Crippen LogP contribution >= 0.6 is 0 Å². The smallest absolute Gasteiger partial charge is 0.137 e. The van der Waals surface area contributed by atoms with Crippen molar-refractivity contribution in [1.82, 2.24) is 10.5 Å². The predicted molar refractivity (Wildman–Crippen MR) is 81.0 cm³/mol. The fourth-order valence-electron chi connectivity index (χ4n) is 2.62. The van der Waals surface area contributed by atoms with Crippen LogP contribution in [0.5, 0.6) is 0 Å². The predicted octanol–water partition coefficient (Wildman–Crippen LogP) is 2.59. The maximum Gasteiger partial charge on any atom is 0.137 e. The third kappa shape index (κ3) is 4.41. The Bertz CT molecular complexity index is 533. The molecule has 112 valence electrons. The van der Waals surface area contributed by atoms with E-state index in [4.69, 9.17) is 9.26 Å². The molecule has 1 unspecified atom stereocenters. The van der Waals surface area contributed by atoms with Gasteiger partial charge in [0.05, 0.1) is 12.3 Å². The highest BCUT2D eigenvalue weighted by molar-refractivity contribution is 5.16. The standard InChI is InChI=1S/C17H22N2O2/c1-2-4-14(5-3-1)6-7-17-10-16(19-21-17)12-18-11-15-8-9-20-13-15/h1-5,10,15,18H,6-9,11-13H2. The molecule has 0 saturated carbocycles. The van der Waals surface area contributed by atoms with E-state index in [9.17, 15) is 0 Å². The lowest BCUT2D eigenvalue weighted by Crippen LogP contribution is -2.22. The fourth-order valence-corrected chi connectivity index (χ4v) is 2.62. The second-order valence-corrected chi connectivity index (χ2v) is 5.63. The highest BCUT2D eigenvalue weighted by atomic mass is 16.5. The van der Waals surface area contributed by atoms with E-state index in [2.05, 4.69) is 40.8 Å². The molecule has 1 atom stereocenters. The lowest BCUT2D eigenvalue weighted by molar-refractivity contribution is 0.185. The van der Waals surface area contributed by atoms with Gasteiger partial charge in [-0.25, -0.2) is 0 Å². The highest BCUT2D eigenvalue weighted by Crippen LogP contribution is 2.12. The van der Waals surface area contributed by atoms with Crippen molar-refractivity contribution >= 4 is 0 Å². The monoisotopic (exact) mass is 286 g/mol. The molecule has 1 N–H and O–H groups in total. The molecule has 1 aliphatic heterocycles. The van der Waals surface area contributed by atoms with Crippen LogP contribution in [0.4, 0.5) is 0 Å². The van der Waals surface area contributed by atoms with Crippen LogP contribution in [0.2, 0.25) is 0 Å². The Labute approximate surface area is 125 Å². The molecule has 1 saturated heterocycles. The molecule has 1 aromatic carbocycles. The average molecular weight is 286 g/mol. The zero-order valence-electron chi connectivity index (χ0n) is 12.3. The third-order valence-electron chi connectivity index (χ3n) is 3.87. The first kappa shape index (κ1) is 14.3. The minimum absolute atomic E-state index is 0.648. The van der Waals surface area contributed by atoms with Crippen LogP contribution in [0.3, 0.4) is 0 Å².